The molecule has 0 unspecified atom stereocenters. The van der Waals surface area contributed by atoms with Gasteiger partial charge in [0.2, 0.25) is 0 Å². The van der Waals surface area contributed by atoms with Crippen LogP contribution in [0.2, 0.25) is 0 Å². The number of Topliss-reactive ketones (excluding diaryl/α,β-unsaturated/α-hetero) is 1. The molecular weight excluding hydrogens is 524 g/mol. The molecule has 0 radical (unpaired) electrons. The van der Waals surface area contributed by atoms with Gasteiger partial charge in [0.05, 0.1) is 12.0 Å². The molecule has 4 aliphatic carbocycles. The van der Waals surface area contributed by atoms with Gasteiger partial charge in [-0.15, -0.1) is 0 Å². The molecule has 0 aliphatic heterocycles. The topological polar surface area (TPSA) is 152 Å². The molecule has 0 amide bonds. The lowest BCUT2D eigenvalue weighted by Gasteiger charge is -2.68. The Morgan fingerprint density at radius 1 is 0.825 bits per heavy atom. The Balaban J connectivity index is 1.98. The van der Waals surface area contributed by atoms with E-state index in [1.54, 1.807) is 0 Å². The zero-order chi connectivity index (χ0) is 29.9. The van der Waals surface area contributed by atoms with E-state index in [0.717, 1.165) is 0 Å². The fourth-order valence-electron chi connectivity index (χ4n) is 9.53. The van der Waals surface area contributed by atoms with E-state index in [-0.39, 0.29) is 24.7 Å². The first kappa shape index (κ1) is 30.4. The molecule has 0 aromatic heterocycles. The van der Waals surface area contributed by atoms with Crippen molar-refractivity contribution in [2.75, 3.05) is 13.7 Å². The van der Waals surface area contributed by atoms with Crippen molar-refractivity contribution in [2.24, 2.45) is 39.9 Å². The summed E-state index contributed by atoms with van der Waals surface area (Å²) in [6, 6.07) is 0. The predicted octanol–water partition coefficient (Wildman–Crippen LogP) is 2.00. The summed E-state index contributed by atoms with van der Waals surface area (Å²) in [5, 5.41) is 12.2. The van der Waals surface area contributed by atoms with Crippen LogP contribution in [-0.2, 0) is 47.7 Å². The van der Waals surface area contributed by atoms with Crippen LogP contribution in [0.4, 0.5) is 0 Å². The highest BCUT2D eigenvalue weighted by atomic mass is 16.6. The molecule has 11 nitrogen and oxygen atoms in total. The van der Waals surface area contributed by atoms with E-state index in [9.17, 15) is 29.1 Å². The van der Waals surface area contributed by atoms with E-state index in [1.165, 1.54) is 34.8 Å². The lowest BCUT2D eigenvalue weighted by molar-refractivity contribution is -0.299. The van der Waals surface area contributed by atoms with Crippen LogP contribution in [0, 0.1) is 39.9 Å². The standard InChI is InChI=1S/C29H42O11/c1-13(30)37-19-9-17-10-29(24(34)18(17)12-36-8)22(19)28(7)11-20(38-14(2)31)26(40-16(4)33)27(5,6)23(28)21(25(29)35)39-15(3)32/h17-23,25-26,35H,9-12H2,1-8H3/t17-,18-,19+,20+,21-,22+,23-,25+,26+,28+,29+/m1/s1. The molecule has 11 heteroatoms. The van der Waals surface area contributed by atoms with Crippen LogP contribution in [0.1, 0.15) is 67.7 Å². The van der Waals surface area contributed by atoms with Gasteiger partial charge in [0.1, 0.15) is 36.3 Å². The van der Waals surface area contributed by atoms with Crippen LogP contribution in [-0.4, -0.2) is 79.0 Å². The second kappa shape index (κ2) is 10.4. The number of rotatable bonds is 6. The largest absolute Gasteiger partial charge is 0.462 e. The van der Waals surface area contributed by atoms with Crippen LogP contribution in [0.25, 0.3) is 0 Å². The van der Waals surface area contributed by atoms with Gasteiger partial charge in [-0.1, -0.05) is 20.8 Å². The van der Waals surface area contributed by atoms with Crippen LogP contribution in [0.5, 0.6) is 0 Å². The fraction of sp³-hybridized carbons (Fsp3) is 0.828. The van der Waals surface area contributed by atoms with Crippen LogP contribution >= 0.6 is 0 Å². The monoisotopic (exact) mass is 566 g/mol. The third kappa shape index (κ3) is 4.53. The van der Waals surface area contributed by atoms with Crippen LogP contribution in [0.15, 0.2) is 0 Å². The van der Waals surface area contributed by atoms with Gasteiger partial charge in [-0.3, -0.25) is 24.0 Å². The molecule has 11 atom stereocenters. The number of carbonyl (C=O) groups is 5. The van der Waals surface area contributed by atoms with E-state index >= 15 is 0 Å². The minimum Gasteiger partial charge on any atom is -0.462 e. The van der Waals surface area contributed by atoms with Crippen molar-refractivity contribution < 1.29 is 52.8 Å². The molecule has 1 spiro atoms. The maximum atomic E-state index is 14.4. The highest BCUT2D eigenvalue weighted by Gasteiger charge is 2.79. The minimum absolute atomic E-state index is 0.125. The molecule has 0 aromatic rings. The van der Waals surface area contributed by atoms with E-state index < -0.39 is 88.4 Å². The molecular formula is C29H42O11. The predicted molar refractivity (Wildman–Crippen MR) is 137 cm³/mol. The first-order chi connectivity index (χ1) is 18.5. The Morgan fingerprint density at radius 2 is 1.38 bits per heavy atom. The number of hydrogen-bond acceptors (Lipinski definition) is 11. The Bertz CT molecular complexity index is 1080. The number of ketones is 1. The number of fused-ring (bicyclic) bond motifs is 3. The van der Waals surface area contributed by atoms with E-state index in [2.05, 4.69) is 0 Å². The highest BCUT2D eigenvalue weighted by molar-refractivity contribution is 5.92. The van der Waals surface area contributed by atoms with Crippen molar-refractivity contribution in [3.63, 3.8) is 0 Å². The molecule has 4 saturated carbocycles. The summed E-state index contributed by atoms with van der Waals surface area (Å²) in [5.74, 6) is -4.61. The molecule has 1 N–H and O–H groups in total. The van der Waals surface area contributed by atoms with E-state index in [0.29, 0.717) is 12.8 Å². The first-order valence-electron chi connectivity index (χ1n) is 13.9. The Kier molecular flexibility index (Phi) is 7.90. The summed E-state index contributed by atoms with van der Waals surface area (Å²) in [7, 11) is 1.51. The van der Waals surface area contributed by atoms with Gasteiger partial charge in [0, 0.05) is 58.0 Å². The number of carbonyl (C=O) groups excluding carboxylic acids is 5. The quantitative estimate of drug-likeness (QED) is 0.371. The second-order valence-corrected chi connectivity index (χ2v) is 13.0. The maximum Gasteiger partial charge on any atom is 0.303 e. The molecule has 4 fully saturated rings. The zero-order valence-electron chi connectivity index (χ0n) is 24.6. The minimum atomic E-state index is -1.42. The van der Waals surface area contributed by atoms with Crippen molar-refractivity contribution >= 4 is 29.7 Å². The van der Waals surface area contributed by atoms with Crippen LogP contribution < -0.4 is 0 Å². The average Bonchev–Trinajstić information content (AvgIpc) is 3.00. The maximum absolute atomic E-state index is 14.4. The van der Waals surface area contributed by atoms with Crippen molar-refractivity contribution in [1.29, 1.82) is 0 Å². The lowest BCUT2D eigenvalue weighted by atomic mass is 9.38. The number of methoxy groups -OCH3 is 1. The Labute approximate surface area is 234 Å². The van der Waals surface area contributed by atoms with Gasteiger partial charge in [-0.2, -0.15) is 0 Å². The van der Waals surface area contributed by atoms with Crippen molar-refractivity contribution in [3.8, 4) is 0 Å². The van der Waals surface area contributed by atoms with E-state index in [1.807, 2.05) is 20.8 Å². The third-order valence-electron chi connectivity index (χ3n) is 10.1. The molecule has 0 saturated heterocycles. The number of esters is 4. The van der Waals surface area contributed by atoms with Gasteiger partial charge in [-0.25, -0.2) is 0 Å². The molecule has 0 aromatic carbocycles. The molecule has 4 rings (SSSR count). The van der Waals surface area contributed by atoms with Crippen LogP contribution in [0.3, 0.4) is 0 Å². The SMILES string of the molecule is COC[C@H]1C(=O)[C@]23C[C@H]1C[C@H](OC(C)=O)[C@H]2[C@]1(C)C[C@H](OC(C)=O)[C@H](OC(C)=O)C(C)(C)[C@H]1[C@@H](OC(C)=O)[C@@H]3O. The number of hydrogen-bond donors (Lipinski definition) is 1. The smallest absolute Gasteiger partial charge is 0.303 e. The molecule has 224 valence electrons. The van der Waals surface area contributed by atoms with Gasteiger partial charge < -0.3 is 28.8 Å². The molecule has 2 bridgehead atoms. The summed E-state index contributed by atoms with van der Waals surface area (Å²) in [4.78, 5) is 63.7. The summed E-state index contributed by atoms with van der Waals surface area (Å²) < 4.78 is 28.7. The molecule has 0 heterocycles. The summed E-state index contributed by atoms with van der Waals surface area (Å²) in [5.41, 5.74) is -3.39. The molecule has 40 heavy (non-hydrogen) atoms. The van der Waals surface area contributed by atoms with Crippen molar-refractivity contribution in [3.05, 3.63) is 0 Å². The zero-order valence-corrected chi connectivity index (χ0v) is 24.6. The average molecular weight is 567 g/mol. The van der Waals surface area contributed by atoms with Crippen molar-refractivity contribution in [2.45, 2.75) is 98.2 Å². The summed E-state index contributed by atoms with van der Waals surface area (Å²) >= 11 is 0. The Hall–Kier alpha value is -2.53. The van der Waals surface area contributed by atoms with Gasteiger partial charge >= 0.3 is 23.9 Å². The fourth-order valence-corrected chi connectivity index (χ4v) is 9.53. The van der Waals surface area contributed by atoms with Gasteiger partial charge in [0.15, 0.2) is 0 Å². The van der Waals surface area contributed by atoms with Crippen molar-refractivity contribution in [1.82, 2.24) is 0 Å². The van der Waals surface area contributed by atoms with Gasteiger partial charge in [0.25, 0.3) is 0 Å². The normalized spacial score (nSPS) is 43.1. The second-order valence-electron chi connectivity index (χ2n) is 13.0. The van der Waals surface area contributed by atoms with E-state index in [4.69, 9.17) is 23.7 Å². The third-order valence-corrected chi connectivity index (χ3v) is 10.1. The molecule has 4 aliphatic rings. The Morgan fingerprint density at radius 3 is 1.90 bits per heavy atom. The number of aliphatic hydroxyl groups is 1. The van der Waals surface area contributed by atoms with Gasteiger partial charge in [-0.05, 0) is 30.6 Å². The highest BCUT2D eigenvalue weighted by Crippen LogP contribution is 2.72. The lowest BCUT2D eigenvalue weighted by Crippen LogP contribution is -2.75. The summed E-state index contributed by atoms with van der Waals surface area (Å²) in [6.45, 7) is 10.8. The number of aliphatic hydroxyl groups excluding tert-OH is 1. The number of ether oxygens (including phenoxy) is 5. The summed E-state index contributed by atoms with van der Waals surface area (Å²) in [6.07, 6.45) is -4.30. The first-order valence-corrected chi connectivity index (χ1v) is 13.9.